The summed E-state index contributed by atoms with van der Waals surface area (Å²) in [6.45, 7) is 0.911. The van der Waals surface area contributed by atoms with Crippen molar-refractivity contribution in [2.45, 2.75) is 19.3 Å². The molecule has 0 atom stereocenters. The molecule has 0 saturated heterocycles. The van der Waals surface area contributed by atoms with Gasteiger partial charge in [-0.2, -0.15) is 0 Å². The zero-order chi connectivity index (χ0) is 15.8. The predicted molar refractivity (Wildman–Crippen MR) is 101 cm³/mol. The third kappa shape index (κ3) is 3.03. The van der Waals surface area contributed by atoms with E-state index in [4.69, 9.17) is 0 Å². The van der Waals surface area contributed by atoms with Gasteiger partial charge in [0, 0.05) is 54.5 Å². The van der Waals surface area contributed by atoms with Gasteiger partial charge in [-0.25, -0.2) is 9.97 Å². The first-order chi connectivity index (χ1) is 11.3. The van der Waals surface area contributed by atoms with Gasteiger partial charge in [-0.1, -0.05) is 18.2 Å². The Kier molecular flexibility index (Phi) is 4.14. The van der Waals surface area contributed by atoms with Crippen LogP contribution in [-0.4, -0.2) is 22.4 Å². The molecule has 7 heteroatoms. The van der Waals surface area contributed by atoms with Crippen LogP contribution in [0.2, 0.25) is 0 Å². The van der Waals surface area contributed by atoms with Gasteiger partial charge in [0.05, 0.1) is 11.4 Å². The molecule has 1 aliphatic carbocycles. The molecule has 1 aromatic carbocycles. The van der Waals surface area contributed by atoms with Crippen LogP contribution in [0.4, 0.5) is 11.6 Å². The molecular weight excluding hydrogens is 423 g/mol. The van der Waals surface area contributed by atoms with E-state index in [1.165, 1.54) is 0 Å². The maximum absolute atomic E-state index is 12.0. The highest BCUT2D eigenvalue weighted by atomic mass is 127. The minimum absolute atomic E-state index is 0.0382. The topological polar surface area (TPSA) is 58.1 Å². The third-order valence-corrected chi connectivity index (χ3v) is 6.12. The number of aromatic nitrogens is 2. The van der Waals surface area contributed by atoms with Crippen molar-refractivity contribution in [3.63, 3.8) is 0 Å². The molecule has 1 amide bonds. The van der Waals surface area contributed by atoms with Gasteiger partial charge in [-0.3, -0.25) is 10.1 Å². The predicted octanol–water partition coefficient (Wildman–Crippen LogP) is 3.85. The second kappa shape index (κ2) is 6.27. The van der Waals surface area contributed by atoms with Crippen molar-refractivity contribution in [1.82, 2.24) is 9.97 Å². The maximum Gasteiger partial charge on any atom is 0.229 e. The first-order valence-corrected chi connectivity index (χ1v) is 10.9. The molecule has 4 rings (SSSR count). The maximum atomic E-state index is 12.0. The number of carbonyl (C=O) groups excluding carboxylic acids is 1. The number of benzene rings is 1. The van der Waals surface area contributed by atoms with E-state index in [-0.39, 0.29) is 11.8 Å². The lowest BCUT2D eigenvalue weighted by Gasteiger charge is -2.19. The summed E-state index contributed by atoms with van der Waals surface area (Å²) in [5, 5.41) is 2.85. The van der Waals surface area contributed by atoms with Crippen LogP contribution in [-0.2, 0) is 11.2 Å². The van der Waals surface area contributed by atoms with Gasteiger partial charge in [0.15, 0.2) is 0 Å². The van der Waals surface area contributed by atoms with E-state index < -0.39 is 0 Å². The minimum atomic E-state index is 0.0382. The average Bonchev–Trinajstić information content (AvgIpc) is 3.42. The van der Waals surface area contributed by atoms with Gasteiger partial charge in [-0.05, 0) is 30.9 Å². The van der Waals surface area contributed by atoms with Crippen molar-refractivity contribution < 1.29 is 4.79 Å². The van der Waals surface area contributed by atoms with Crippen LogP contribution in [0.1, 0.15) is 18.4 Å². The molecule has 0 unspecified atom stereocenters. The molecule has 2 aliphatic rings. The fraction of sp³-hybridized carbons (Fsp3) is 0.312. The molecule has 1 N–H and O–H groups in total. The Balaban J connectivity index is 1.74. The van der Waals surface area contributed by atoms with E-state index in [0.29, 0.717) is 5.95 Å². The molecule has 2 aromatic rings. The molecule has 1 aliphatic heterocycles. The number of halogens is 1. The van der Waals surface area contributed by atoms with Gasteiger partial charge < -0.3 is 4.31 Å². The van der Waals surface area contributed by atoms with Crippen molar-refractivity contribution in [3.8, 4) is 11.3 Å². The molecular formula is C16H15IN4OS. The quantitative estimate of drug-likeness (QED) is 0.583. The molecule has 0 radical (unpaired) electrons. The zero-order valence-corrected chi connectivity index (χ0v) is 15.3. The standard InChI is InChI=1S/C16H15IN4OS/c17-23-21-8-7-11-9-18-16(20-15(22)10-5-6-10)19-14(11)12-3-1-2-4-13(12)21/h1-4,9-10H,5-8H2,(H,18,19,20,22). The first-order valence-electron chi connectivity index (χ1n) is 7.58. The van der Waals surface area contributed by atoms with Crippen LogP contribution in [0.5, 0.6) is 0 Å². The van der Waals surface area contributed by atoms with Gasteiger partial charge in [0.25, 0.3) is 0 Å². The first kappa shape index (κ1) is 15.2. The molecule has 1 fully saturated rings. The molecule has 5 nitrogen and oxygen atoms in total. The number of carbonyl (C=O) groups is 1. The van der Waals surface area contributed by atoms with Crippen molar-refractivity contribution in [2.75, 3.05) is 16.2 Å². The summed E-state index contributed by atoms with van der Waals surface area (Å²) in [5.41, 5.74) is 4.29. The molecule has 118 valence electrons. The van der Waals surface area contributed by atoms with Gasteiger partial charge in [-0.15, -0.1) is 0 Å². The highest BCUT2D eigenvalue weighted by Crippen LogP contribution is 2.39. The molecule has 1 saturated carbocycles. The van der Waals surface area contributed by atoms with Crippen molar-refractivity contribution in [1.29, 1.82) is 0 Å². The molecule has 1 aromatic heterocycles. The summed E-state index contributed by atoms with van der Waals surface area (Å²) in [7, 11) is 1.68. The Morgan fingerprint density at radius 1 is 1.35 bits per heavy atom. The zero-order valence-electron chi connectivity index (χ0n) is 12.3. The Labute approximate surface area is 151 Å². The molecule has 0 bridgehead atoms. The molecule has 23 heavy (non-hydrogen) atoms. The van der Waals surface area contributed by atoms with Crippen LogP contribution < -0.4 is 9.62 Å². The SMILES string of the molecule is O=C(Nc1ncc2c(n1)-c1ccccc1N(SI)CC2)C1CC1. The van der Waals surface area contributed by atoms with E-state index >= 15 is 0 Å². The monoisotopic (exact) mass is 438 g/mol. The third-order valence-electron chi connectivity index (χ3n) is 4.14. The van der Waals surface area contributed by atoms with Gasteiger partial charge in [0.2, 0.25) is 11.9 Å². The number of fused-ring (bicyclic) bond motifs is 3. The number of amides is 1. The van der Waals surface area contributed by atoms with Crippen LogP contribution >= 0.6 is 30.3 Å². The number of nitrogens with zero attached hydrogens (tertiary/aromatic N) is 3. The number of hydrogen-bond acceptors (Lipinski definition) is 5. The lowest BCUT2D eigenvalue weighted by atomic mass is 10.1. The Morgan fingerprint density at radius 3 is 2.96 bits per heavy atom. The second-order valence-corrected chi connectivity index (χ2v) is 7.53. The smallest absolute Gasteiger partial charge is 0.229 e. The number of anilines is 2. The summed E-state index contributed by atoms with van der Waals surface area (Å²) in [5.74, 6) is 0.595. The summed E-state index contributed by atoms with van der Waals surface area (Å²) in [6, 6.07) is 8.26. The number of nitrogens with one attached hydrogen (secondary N) is 1. The largest absolute Gasteiger partial charge is 0.307 e. The average molecular weight is 438 g/mol. The van der Waals surface area contributed by atoms with Gasteiger partial charge in [0.1, 0.15) is 0 Å². The fourth-order valence-electron chi connectivity index (χ4n) is 2.75. The van der Waals surface area contributed by atoms with E-state index in [1.807, 2.05) is 18.3 Å². The lowest BCUT2D eigenvalue weighted by Crippen LogP contribution is -2.16. The number of hydrogen-bond donors (Lipinski definition) is 1. The molecule has 2 heterocycles. The van der Waals surface area contributed by atoms with Gasteiger partial charge >= 0.3 is 0 Å². The fourth-order valence-corrected chi connectivity index (χ4v) is 4.37. The summed E-state index contributed by atoms with van der Waals surface area (Å²) >= 11 is 2.31. The van der Waals surface area contributed by atoms with Crippen LogP contribution in [0.15, 0.2) is 30.5 Å². The molecule has 0 spiro atoms. The summed E-state index contributed by atoms with van der Waals surface area (Å²) in [6.07, 6.45) is 4.68. The van der Waals surface area contributed by atoms with E-state index in [1.54, 1.807) is 9.12 Å². The van der Waals surface area contributed by atoms with E-state index in [2.05, 4.69) is 52.9 Å². The van der Waals surface area contributed by atoms with Crippen molar-refractivity contribution in [3.05, 3.63) is 36.0 Å². The highest BCUT2D eigenvalue weighted by molar-refractivity contribution is 14.2. The highest BCUT2D eigenvalue weighted by Gasteiger charge is 2.30. The Bertz CT molecular complexity index is 765. The Hall–Kier alpha value is -1.35. The Morgan fingerprint density at radius 2 is 2.17 bits per heavy atom. The number of para-hydroxylation sites is 1. The summed E-state index contributed by atoms with van der Waals surface area (Å²) < 4.78 is 2.26. The minimum Gasteiger partial charge on any atom is -0.307 e. The van der Waals surface area contributed by atoms with E-state index in [9.17, 15) is 4.79 Å². The van der Waals surface area contributed by atoms with Crippen molar-refractivity contribution in [2.24, 2.45) is 5.92 Å². The lowest BCUT2D eigenvalue weighted by molar-refractivity contribution is -0.117. The van der Waals surface area contributed by atoms with Crippen LogP contribution in [0.25, 0.3) is 11.3 Å². The number of rotatable bonds is 3. The summed E-state index contributed by atoms with van der Waals surface area (Å²) in [4.78, 5) is 20.9. The van der Waals surface area contributed by atoms with E-state index in [0.717, 1.165) is 48.3 Å². The van der Waals surface area contributed by atoms with Crippen LogP contribution in [0.3, 0.4) is 0 Å². The normalized spacial score (nSPS) is 16.3. The van der Waals surface area contributed by atoms with Crippen LogP contribution in [0, 0.1) is 5.92 Å². The second-order valence-electron chi connectivity index (χ2n) is 5.77. The van der Waals surface area contributed by atoms with Crippen molar-refractivity contribution >= 4 is 47.9 Å².